The molecule has 20 heavy (non-hydrogen) atoms. The average Bonchev–Trinajstić information content (AvgIpc) is 2.25. The fourth-order valence-electron chi connectivity index (χ4n) is 3.49. The van der Waals surface area contributed by atoms with E-state index in [9.17, 15) is 9.90 Å². The third-order valence-corrected chi connectivity index (χ3v) is 4.96. The Bertz CT molecular complexity index is 376. The summed E-state index contributed by atoms with van der Waals surface area (Å²) in [5.74, 6) is 0.212. The summed E-state index contributed by atoms with van der Waals surface area (Å²) in [6, 6.07) is 0. The van der Waals surface area contributed by atoms with E-state index >= 15 is 0 Å². The molecule has 0 aromatic heterocycles. The first-order valence-corrected chi connectivity index (χ1v) is 7.56. The van der Waals surface area contributed by atoms with Crippen LogP contribution in [0.5, 0.6) is 0 Å². The van der Waals surface area contributed by atoms with E-state index in [2.05, 4.69) is 33.8 Å². The van der Waals surface area contributed by atoms with Crippen LogP contribution in [0, 0.1) is 17.3 Å². The number of aliphatic hydroxyl groups is 1. The molecule has 0 heterocycles. The van der Waals surface area contributed by atoms with Gasteiger partial charge in [0.15, 0.2) is 0 Å². The minimum Gasteiger partial charge on any atom is -0.465 e. The Labute approximate surface area is 123 Å². The van der Waals surface area contributed by atoms with Crippen molar-refractivity contribution < 1.29 is 14.6 Å². The highest BCUT2D eigenvalue weighted by Gasteiger charge is 2.50. The zero-order valence-corrected chi connectivity index (χ0v) is 13.8. The molecule has 0 aromatic carbocycles. The number of hydrogen-bond donors (Lipinski definition) is 1. The second-order valence-corrected chi connectivity index (χ2v) is 7.29. The van der Waals surface area contributed by atoms with Crippen LogP contribution in [0.25, 0.3) is 0 Å². The quantitative estimate of drug-likeness (QED) is 0.631. The van der Waals surface area contributed by atoms with Gasteiger partial charge in [0.2, 0.25) is 0 Å². The third kappa shape index (κ3) is 4.08. The second-order valence-electron chi connectivity index (χ2n) is 7.29. The predicted molar refractivity (Wildman–Crippen MR) is 81.3 cm³/mol. The molecule has 1 aliphatic rings. The largest absolute Gasteiger partial charge is 0.465 e. The van der Waals surface area contributed by atoms with E-state index in [4.69, 9.17) is 4.74 Å². The zero-order valence-electron chi connectivity index (χ0n) is 13.8. The van der Waals surface area contributed by atoms with Crippen LogP contribution in [-0.2, 0) is 9.53 Å². The zero-order chi connectivity index (χ0) is 15.6. The standard InChI is InChI=1S/C17H30O3/c1-12(2)7-8-14-9-10-17(6,19)15(16(14,4)5)11-20-13(3)18/h7,14-15,19H,8-11H2,1-6H3/t14-,15+,17-/m1/s1. The molecule has 0 aromatic rings. The molecule has 0 bridgehead atoms. The van der Waals surface area contributed by atoms with Crippen molar-refractivity contribution in [3.05, 3.63) is 11.6 Å². The minimum absolute atomic E-state index is 0.0248. The number of allylic oxidation sites excluding steroid dienone is 2. The van der Waals surface area contributed by atoms with Crippen molar-refractivity contribution in [1.29, 1.82) is 0 Å². The normalized spacial score (nSPS) is 32.5. The van der Waals surface area contributed by atoms with Crippen LogP contribution in [0.3, 0.4) is 0 Å². The van der Waals surface area contributed by atoms with Crippen molar-refractivity contribution in [2.45, 2.75) is 66.4 Å². The molecule has 0 spiro atoms. The highest BCUT2D eigenvalue weighted by Crippen LogP contribution is 2.51. The lowest BCUT2D eigenvalue weighted by Crippen LogP contribution is -2.53. The number of hydrogen-bond acceptors (Lipinski definition) is 3. The van der Waals surface area contributed by atoms with Crippen molar-refractivity contribution in [2.75, 3.05) is 6.61 Å². The van der Waals surface area contributed by atoms with Gasteiger partial charge in [-0.05, 0) is 51.4 Å². The van der Waals surface area contributed by atoms with Gasteiger partial charge in [0.25, 0.3) is 0 Å². The van der Waals surface area contributed by atoms with Gasteiger partial charge in [-0.3, -0.25) is 4.79 Å². The Morgan fingerprint density at radius 1 is 1.30 bits per heavy atom. The molecule has 116 valence electrons. The van der Waals surface area contributed by atoms with Gasteiger partial charge in [-0.25, -0.2) is 0 Å². The maximum atomic E-state index is 11.1. The van der Waals surface area contributed by atoms with E-state index in [1.54, 1.807) is 0 Å². The van der Waals surface area contributed by atoms with Gasteiger partial charge in [0.05, 0.1) is 12.2 Å². The van der Waals surface area contributed by atoms with Crippen molar-refractivity contribution in [3.63, 3.8) is 0 Å². The van der Waals surface area contributed by atoms with Crippen molar-refractivity contribution >= 4 is 5.97 Å². The number of ether oxygens (including phenoxy) is 1. The molecule has 1 fully saturated rings. The van der Waals surface area contributed by atoms with Crippen LogP contribution in [0.15, 0.2) is 11.6 Å². The molecule has 0 unspecified atom stereocenters. The number of rotatable bonds is 4. The van der Waals surface area contributed by atoms with Crippen LogP contribution in [0.2, 0.25) is 0 Å². The summed E-state index contributed by atoms with van der Waals surface area (Å²) in [5, 5.41) is 10.7. The molecule has 3 atom stereocenters. The first-order chi connectivity index (χ1) is 9.07. The van der Waals surface area contributed by atoms with Crippen LogP contribution in [0.1, 0.15) is 60.8 Å². The predicted octanol–water partition coefficient (Wildman–Crippen LogP) is 3.71. The Kier molecular flexibility index (Phi) is 5.42. The van der Waals surface area contributed by atoms with E-state index < -0.39 is 5.60 Å². The summed E-state index contributed by atoms with van der Waals surface area (Å²) in [5.41, 5.74) is 0.512. The van der Waals surface area contributed by atoms with Crippen molar-refractivity contribution in [2.24, 2.45) is 17.3 Å². The van der Waals surface area contributed by atoms with Crippen molar-refractivity contribution in [1.82, 2.24) is 0 Å². The molecule has 3 nitrogen and oxygen atoms in total. The van der Waals surface area contributed by atoms with Gasteiger partial charge in [0.1, 0.15) is 0 Å². The molecule has 3 heteroatoms. The molecular weight excluding hydrogens is 252 g/mol. The molecular formula is C17H30O3. The van der Waals surface area contributed by atoms with E-state index in [1.807, 2.05) is 6.92 Å². The molecule has 0 aliphatic heterocycles. The molecule has 1 rings (SSSR count). The van der Waals surface area contributed by atoms with E-state index in [1.165, 1.54) is 12.5 Å². The number of carbonyl (C=O) groups excluding carboxylic acids is 1. The molecule has 1 aliphatic carbocycles. The van der Waals surface area contributed by atoms with Gasteiger partial charge in [-0.15, -0.1) is 0 Å². The molecule has 0 saturated heterocycles. The molecule has 0 radical (unpaired) electrons. The van der Waals surface area contributed by atoms with Gasteiger partial charge < -0.3 is 9.84 Å². The van der Waals surface area contributed by atoms with Gasteiger partial charge in [-0.1, -0.05) is 25.5 Å². The smallest absolute Gasteiger partial charge is 0.302 e. The van der Waals surface area contributed by atoms with Crippen LogP contribution >= 0.6 is 0 Å². The maximum Gasteiger partial charge on any atom is 0.302 e. The fourth-order valence-corrected chi connectivity index (χ4v) is 3.49. The summed E-state index contributed by atoms with van der Waals surface area (Å²) < 4.78 is 5.21. The van der Waals surface area contributed by atoms with Crippen molar-refractivity contribution in [3.8, 4) is 0 Å². The second kappa shape index (κ2) is 6.30. The fraction of sp³-hybridized carbons (Fsp3) is 0.824. The molecule has 1 N–H and O–H groups in total. The van der Waals surface area contributed by atoms with Gasteiger partial charge in [0, 0.05) is 12.8 Å². The summed E-state index contributed by atoms with van der Waals surface area (Å²) in [6.45, 7) is 12.2. The first-order valence-electron chi connectivity index (χ1n) is 7.56. The minimum atomic E-state index is -0.763. The maximum absolute atomic E-state index is 11.1. The Balaban J connectivity index is 2.90. The van der Waals surface area contributed by atoms with Gasteiger partial charge >= 0.3 is 5.97 Å². The SMILES string of the molecule is CC(=O)OC[C@H]1C(C)(C)[C@H](CC=C(C)C)CC[C@@]1(C)O. The van der Waals surface area contributed by atoms with E-state index in [-0.39, 0.29) is 17.3 Å². The number of carbonyl (C=O) groups is 1. The first kappa shape index (κ1) is 17.2. The Morgan fingerprint density at radius 2 is 1.90 bits per heavy atom. The Hall–Kier alpha value is -0.830. The topological polar surface area (TPSA) is 46.5 Å². The summed E-state index contributed by atoms with van der Waals surface area (Å²) in [7, 11) is 0. The van der Waals surface area contributed by atoms with Crippen LogP contribution in [-0.4, -0.2) is 23.3 Å². The van der Waals surface area contributed by atoms with E-state index in [0.29, 0.717) is 12.5 Å². The lowest BCUT2D eigenvalue weighted by Gasteiger charge is -2.52. The van der Waals surface area contributed by atoms with Gasteiger partial charge in [-0.2, -0.15) is 0 Å². The number of esters is 1. The highest BCUT2D eigenvalue weighted by molar-refractivity contribution is 5.65. The summed E-state index contributed by atoms with van der Waals surface area (Å²) in [4.78, 5) is 11.1. The summed E-state index contributed by atoms with van der Waals surface area (Å²) >= 11 is 0. The van der Waals surface area contributed by atoms with E-state index in [0.717, 1.165) is 19.3 Å². The van der Waals surface area contributed by atoms with Crippen LogP contribution < -0.4 is 0 Å². The monoisotopic (exact) mass is 282 g/mol. The molecule has 1 saturated carbocycles. The van der Waals surface area contributed by atoms with Crippen LogP contribution in [0.4, 0.5) is 0 Å². The third-order valence-electron chi connectivity index (χ3n) is 4.96. The average molecular weight is 282 g/mol. The summed E-state index contributed by atoms with van der Waals surface area (Å²) in [6.07, 6.45) is 5.08. The lowest BCUT2D eigenvalue weighted by atomic mass is 9.56. The Morgan fingerprint density at radius 3 is 2.40 bits per heavy atom. The highest BCUT2D eigenvalue weighted by atomic mass is 16.5. The molecule has 0 amide bonds. The lowest BCUT2D eigenvalue weighted by molar-refractivity contribution is -0.161.